The van der Waals surface area contributed by atoms with Gasteiger partial charge in [0.25, 0.3) is 5.91 Å². The van der Waals surface area contributed by atoms with Crippen molar-refractivity contribution in [3.05, 3.63) is 72.3 Å². The molecule has 0 aliphatic carbocycles. The number of aromatic nitrogens is 2. The smallest absolute Gasteiger partial charge is 0.252 e. The quantitative estimate of drug-likeness (QED) is 0.656. The average Bonchev–Trinajstić information content (AvgIpc) is 3.42. The number of nitrogens with one attached hydrogen (secondary N) is 1. The number of carbonyl (C=O) groups excluding carboxylic acids is 1. The zero-order valence-corrected chi connectivity index (χ0v) is 15.6. The van der Waals surface area contributed by atoms with Crippen molar-refractivity contribution in [3.8, 4) is 29.1 Å². The highest BCUT2D eigenvalue weighted by molar-refractivity contribution is 5.94. The number of hydrogen-bond donors (Lipinski definition) is 1. The Hall–Kier alpha value is -3.92. The summed E-state index contributed by atoms with van der Waals surface area (Å²) in [5.74, 6) is 7.62. The summed E-state index contributed by atoms with van der Waals surface area (Å²) >= 11 is 0. The van der Waals surface area contributed by atoms with E-state index in [1.807, 2.05) is 22.9 Å². The van der Waals surface area contributed by atoms with Gasteiger partial charge in [0.2, 0.25) is 6.79 Å². The SMILES string of the molecule is O=C(NCC#CCOc1ccc2c(c1)OCO2)c1ccc(Cn2ccnc2)cc1. The first-order chi connectivity index (χ1) is 14.3. The zero-order chi connectivity index (χ0) is 19.9. The fourth-order valence-electron chi connectivity index (χ4n) is 2.78. The summed E-state index contributed by atoms with van der Waals surface area (Å²) in [4.78, 5) is 16.2. The molecule has 146 valence electrons. The molecule has 29 heavy (non-hydrogen) atoms. The molecule has 0 saturated heterocycles. The van der Waals surface area contributed by atoms with Gasteiger partial charge in [-0.1, -0.05) is 24.0 Å². The summed E-state index contributed by atoms with van der Waals surface area (Å²) in [7, 11) is 0. The second kappa shape index (κ2) is 8.85. The van der Waals surface area contributed by atoms with Crippen molar-refractivity contribution in [1.82, 2.24) is 14.9 Å². The maximum absolute atomic E-state index is 12.2. The fraction of sp³-hybridized carbons (Fsp3) is 0.182. The van der Waals surface area contributed by atoms with Gasteiger partial charge in [0, 0.05) is 30.6 Å². The summed E-state index contributed by atoms with van der Waals surface area (Å²) in [5, 5.41) is 2.78. The highest BCUT2D eigenvalue weighted by atomic mass is 16.7. The summed E-state index contributed by atoms with van der Waals surface area (Å²) in [6, 6.07) is 12.8. The van der Waals surface area contributed by atoms with Crippen molar-refractivity contribution >= 4 is 5.91 Å². The van der Waals surface area contributed by atoms with E-state index >= 15 is 0 Å². The van der Waals surface area contributed by atoms with Gasteiger partial charge in [-0.2, -0.15) is 0 Å². The molecule has 7 nitrogen and oxygen atoms in total. The van der Waals surface area contributed by atoms with Crippen LogP contribution in [-0.4, -0.2) is 35.4 Å². The Morgan fingerprint density at radius 3 is 2.83 bits per heavy atom. The van der Waals surface area contributed by atoms with Crippen LogP contribution >= 0.6 is 0 Å². The van der Waals surface area contributed by atoms with Gasteiger partial charge >= 0.3 is 0 Å². The Morgan fingerprint density at radius 2 is 2.00 bits per heavy atom. The van der Waals surface area contributed by atoms with Crippen LogP contribution in [0.2, 0.25) is 0 Å². The first-order valence-electron chi connectivity index (χ1n) is 9.09. The Bertz CT molecular complexity index is 1030. The van der Waals surface area contributed by atoms with Gasteiger partial charge in [-0.25, -0.2) is 4.98 Å². The third-order valence-corrected chi connectivity index (χ3v) is 4.26. The van der Waals surface area contributed by atoms with Crippen LogP contribution in [0.25, 0.3) is 0 Å². The van der Waals surface area contributed by atoms with Crippen LogP contribution in [-0.2, 0) is 6.54 Å². The van der Waals surface area contributed by atoms with Crippen LogP contribution in [0.1, 0.15) is 15.9 Å². The molecule has 1 N–H and O–H groups in total. The van der Waals surface area contributed by atoms with E-state index in [1.165, 1.54) is 0 Å². The fourth-order valence-corrected chi connectivity index (χ4v) is 2.78. The van der Waals surface area contributed by atoms with Gasteiger partial charge in [-0.05, 0) is 29.8 Å². The number of hydrogen-bond acceptors (Lipinski definition) is 5. The number of ether oxygens (including phenoxy) is 3. The van der Waals surface area contributed by atoms with Crippen LogP contribution in [0, 0.1) is 11.8 Å². The zero-order valence-electron chi connectivity index (χ0n) is 15.6. The minimum Gasteiger partial charge on any atom is -0.481 e. The van der Waals surface area contributed by atoms with Crippen LogP contribution in [0.15, 0.2) is 61.2 Å². The topological polar surface area (TPSA) is 74.6 Å². The molecule has 1 aliphatic rings. The minimum atomic E-state index is -0.162. The summed E-state index contributed by atoms with van der Waals surface area (Å²) < 4.78 is 18.1. The molecule has 1 aliphatic heterocycles. The molecule has 0 saturated carbocycles. The van der Waals surface area contributed by atoms with Gasteiger partial charge in [0.1, 0.15) is 12.4 Å². The predicted molar refractivity (Wildman–Crippen MR) is 106 cm³/mol. The molecular weight excluding hydrogens is 370 g/mol. The van der Waals surface area contributed by atoms with Crippen molar-refractivity contribution in [3.63, 3.8) is 0 Å². The van der Waals surface area contributed by atoms with E-state index in [9.17, 15) is 4.79 Å². The van der Waals surface area contributed by atoms with Crippen molar-refractivity contribution in [1.29, 1.82) is 0 Å². The molecular formula is C22H19N3O4. The summed E-state index contributed by atoms with van der Waals surface area (Å²) in [6.45, 7) is 1.42. The maximum Gasteiger partial charge on any atom is 0.252 e. The summed E-state index contributed by atoms with van der Waals surface area (Å²) in [5.41, 5.74) is 1.69. The first-order valence-corrected chi connectivity index (χ1v) is 9.09. The lowest BCUT2D eigenvalue weighted by atomic mass is 10.1. The lowest BCUT2D eigenvalue weighted by Gasteiger charge is -2.05. The number of rotatable bonds is 6. The molecule has 0 radical (unpaired) electrons. The van der Waals surface area contributed by atoms with E-state index in [2.05, 4.69) is 22.1 Å². The van der Waals surface area contributed by atoms with Crippen LogP contribution in [0.3, 0.4) is 0 Å². The highest BCUT2D eigenvalue weighted by Gasteiger charge is 2.13. The van der Waals surface area contributed by atoms with E-state index in [4.69, 9.17) is 14.2 Å². The van der Waals surface area contributed by atoms with Crippen LogP contribution in [0.4, 0.5) is 0 Å². The number of carbonyl (C=O) groups is 1. The van der Waals surface area contributed by atoms with Gasteiger partial charge in [-0.3, -0.25) is 4.79 Å². The highest BCUT2D eigenvalue weighted by Crippen LogP contribution is 2.34. The molecule has 0 unspecified atom stereocenters. The monoisotopic (exact) mass is 389 g/mol. The number of amides is 1. The number of benzene rings is 2. The molecule has 2 aromatic carbocycles. The Balaban J connectivity index is 1.20. The van der Waals surface area contributed by atoms with Crippen molar-refractivity contribution in [2.24, 2.45) is 0 Å². The lowest BCUT2D eigenvalue weighted by molar-refractivity contribution is 0.0958. The lowest BCUT2D eigenvalue weighted by Crippen LogP contribution is -2.23. The normalized spacial score (nSPS) is 11.4. The Kier molecular flexibility index (Phi) is 5.63. The van der Waals surface area contributed by atoms with Crippen molar-refractivity contribution in [2.75, 3.05) is 19.9 Å². The van der Waals surface area contributed by atoms with Gasteiger partial charge in [0.15, 0.2) is 11.5 Å². The molecule has 0 atom stereocenters. The molecule has 3 aromatic rings. The van der Waals surface area contributed by atoms with Gasteiger partial charge in [0.05, 0.1) is 12.9 Å². The summed E-state index contributed by atoms with van der Waals surface area (Å²) in [6.07, 6.45) is 5.40. The Morgan fingerprint density at radius 1 is 1.14 bits per heavy atom. The second-order valence-corrected chi connectivity index (χ2v) is 6.27. The van der Waals surface area contributed by atoms with Crippen molar-refractivity contribution in [2.45, 2.75) is 6.54 Å². The maximum atomic E-state index is 12.2. The molecule has 0 spiro atoms. The first kappa shape index (κ1) is 18.4. The van der Waals surface area contributed by atoms with E-state index in [1.54, 1.807) is 42.9 Å². The standard InChI is InChI=1S/C22H19N3O4/c26-22(18-5-3-17(4-6-18)14-25-11-10-23-15-25)24-9-1-2-12-27-19-7-8-20-21(13-19)29-16-28-20/h3-8,10-11,13,15H,9,12,14,16H2,(H,24,26). The van der Waals surface area contributed by atoms with Crippen LogP contribution in [0.5, 0.6) is 17.2 Å². The largest absolute Gasteiger partial charge is 0.481 e. The molecule has 1 aromatic heterocycles. The minimum absolute atomic E-state index is 0.162. The molecule has 1 amide bonds. The van der Waals surface area contributed by atoms with Crippen molar-refractivity contribution < 1.29 is 19.0 Å². The predicted octanol–water partition coefficient (Wildman–Crippen LogP) is 2.47. The van der Waals surface area contributed by atoms with Gasteiger partial charge < -0.3 is 24.1 Å². The third kappa shape index (κ3) is 4.87. The molecule has 0 bridgehead atoms. The number of fused-ring (bicyclic) bond motifs is 1. The molecule has 4 rings (SSSR count). The molecule has 0 fully saturated rings. The van der Waals surface area contributed by atoms with E-state index < -0.39 is 0 Å². The molecule has 7 heteroatoms. The second-order valence-electron chi connectivity index (χ2n) is 6.27. The Labute approximate surface area is 168 Å². The van der Waals surface area contributed by atoms with E-state index in [0.29, 0.717) is 22.8 Å². The van der Waals surface area contributed by atoms with Gasteiger partial charge in [-0.15, -0.1) is 0 Å². The average molecular weight is 389 g/mol. The van der Waals surface area contributed by atoms with E-state index in [0.717, 1.165) is 12.1 Å². The third-order valence-electron chi connectivity index (χ3n) is 4.26. The molecule has 2 heterocycles. The van der Waals surface area contributed by atoms with E-state index in [-0.39, 0.29) is 25.9 Å². The number of imidazole rings is 1. The van der Waals surface area contributed by atoms with Crippen LogP contribution < -0.4 is 19.5 Å². The number of nitrogens with zero attached hydrogens (tertiary/aromatic N) is 2.